The van der Waals surface area contributed by atoms with Gasteiger partial charge < -0.3 is 10.4 Å². The van der Waals surface area contributed by atoms with Crippen molar-refractivity contribution >= 4 is 23.6 Å². The van der Waals surface area contributed by atoms with Gasteiger partial charge in [-0.2, -0.15) is 0 Å². The maximum atomic E-state index is 12.3. The molecule has 0 spiro atoms. The summed E-state index contributed by atoms with van der Waals surface area (Å²) in [6.07, 6.45) is 2.70. The average molecular weight is 388 g/mol. The molecule has 0 fully saturated rings. The normalized spacial score (nSPS) is 13.0. The van der Waals surface area contributed by atoms with Gasteiger partial charge in [0.25, 0.3) is 0 Å². The van der Waals surface area contributed by atoms with E-state index >= 15 is 0 Å². The van der Waals surface area contributed by atoms with E-state index in [4.69, 9.17) is 0 Å². The van der Waals surface area contributed by atoms with Crippen LogP contribution in [0.3, 0.4) is 0 Å². The molecule has 0 aliphatic heterocycles. The minimum absolute atomic E-state index is 0.0328. The first kappa shape index (κ1) is 20.9. The third-order valence-corrected chi connectivity index (χ3v) is 5.25. The van der Waals surface area contributed by atoms with Crippen molar-refractivity contribution in [2.45, 2.75) is 44.2 Å². The fraction of sp³-hybridized carbons (Fsp3) is 0.400. The monoisotopic (exact) mass is 387 g/mol. The number of hydrogen-bond acceptors (Lipinski definition) is 5. The molecule has 0 saturated heterocycles. The lowest BCUT2D eigenvalue weighted by atomic mass is 9.82. The third kappa shape index (κ3) is 5.07. The van der Waals surface area contributed by atoms with Crippen molar-refractivity contribution in [2.24, 2.45) is 0 Å². The summed E-state index contributed by atoms with van der Waals surface area (Å²) in [6, 6.07) is 8.94. The molecular weight excluding hydrogens is 362 g/mol. The van der Waals surface area contributed by atoms with Gasteiger partial charge in [-0.25, -0.2) is 9.97 Å². The topological polar surface area (TPSA) is 92.2 Å². The molecule has 0 aliphatic carbocycles. The number of aliphatic carboxylic acids is 1. The largest absolute Gasteiger partial charge is 0.481 e. The number of carboxylic acid groups (broad SMARTS) is 1. The first-order valence-electron chi connectivity index (χ1n) is 8.71. The fourth-order valence-electron chi connectivity index (χ4n) is 2.87. The zero-order valence-electron chi connectivity index (χ0n) is 16.1. The number of carboxylic acids is 1. The molecule has 0 aliphatic rings. The zero-order chi connectivity index (χ0) is 20.0. The molecule has 6 nitrogen and oxygen atoms in total. The van der Waals surface area contributed by atoms with Gasteiger partial charge in [0.1, 0.15) is 5.41 Å². The minimum atomic E-state index is -1.17. The number of hydrogen-bond donors (Lipinski definition) is 2. The van der Waals surface area contributed by atoms with Gasteiger partial charge in [0.05, 0.1) is 0 Å². The predicted octanol–water partition coefficient (Wildman–Crippen LogP) is 2.91. The standard InChI is InChI=1S/C20H25N3O3S/c1-13-16(14(2)23-19(22-13)27-4)10-11-17(24)21-12-20(3,18(25)26)15-8-6-5-7-9-15/h5-9H,10-12H2,1-4H3,(H,21,24)(H,25,26). The van der Waals surface area contributed by atoms with Gasteiger partial charge >= 0.3 is 5.97 Å². The summed E-state index contributed by atoms with van der Waals surface area (Å²) >= 11 is 1.48. The zero-order valence-corrected chi connectivity index (χ0v) is 16.9. The summed E-state index contributed by atoms with van der Waals surface area (Å²) in [5.74, 6) is -1.16. The Hall–Kier alpha value is -2.41. The predicted molar refractivity (Wildman–Crippen MR) is 106 cm³/mol. The molecule has 1 aromatic heterocycles. The second-order valence-corrected chi connectivity index (χ2v) is 7.41. The lowest BCUT2D eigenvalue weighted by Gasteiger charge is -2.25. The third-order valence-electron chi connectivity index (χ3n) is 4.71. The van der Waals surface area contributed by atoms with Crippen LogP contribution in [0.1, 0.15) is 35.9 Å². The number of aromatic nitrogens is 2. The summed E-state index contributed by atoms with van der Waals surface area (Å²) in [4.78, 5) is 32.9. The van der Waals surface area contributed by atoms with Crippen molar-refractivity contribution in [3.05, 3.63) is 52.8 Å². The molecule has 2 N–H and O–H groups in total. The molecule has 1 aromatic carbocycles. The Morgan fingerprint density at radius 3 is 2.26 bits per heavy atom. The van der Waals surface area contributed by atoms with Crippen LogP contribution < -0.4 is 5.32 Å². The fourth-order valence-corrected chi connectivity index (χ4v) is 3.33. The van der Waals surface area contributed by atoms with E-state index in [0.717, 1.165) is 22.1 Å². The van der Waals surface area contributed by atoms with E-state index in [1.807, 2.05) is 26.2 Å². The van der Waals surface area contributed by atoms with Gasteiger partial charge in [0.15, 0.2) is 5.16 Å². The Balaban J connectivity index is 2.01. The quantitative estimate of drug-likeness (QED) is 0.534. The Morgan fingerprint density at radius 1 is 1.15 bits per heavy atom. The van der Waals surface area contributed by atoms with Gasteiger partial charge in [-0.15, -0.1) is 0 Å². The smallest absolute Gasteiger partial charge is 0.315 e. The van der Waals surface area contributed by atoms with Crippen molar-refractivity contribution in [1.29, 1.82) is 0 Å². The molecule has 0 bridgehead atoms. The Morgan fingerprint density at radius 2 is 1.74 bits per heavy atom. The maximum Gasteiger partial charge on any atom is 0.315 e. The van der Waals surface area contributed by atoms with Gasteiger partial charge in [-0.05, 0) is 44.6 Å². The Labute approximate surface area is 163 Å². The number of carbonyl (C=O) groups excluding carboxylic acids is 1. The number of nitrogens with one attached hydrogen (secondary N) is 1. The molecule has 2 rings (SSSR count). The molecule has 7 heteroatoms. The molecule has 0 radical (unpaired) electrons. The van der Waals surface area contributed by atoms with Gasteiger partial charge in [-0.3, -0.25) is 9.59 Å². The van der Waals surface area contributed by atoms with Gasteiger partial charge in [0.2, 0.25) is 5.91 Å². The van der Waals surface area contributed by atoms with Crippen LogP contribution in [0.2, 0.25) is 0 Å². The Kier molecular flexibility index (Phi) is 6.96. The van der Waals surface area contributed by atoms with Crippen LogP contribution in [0.15, 0.2) is 35.5 Å². The lowest BCUT2D eigenvalue weighted by molar-refractivity contribution is -0.143. The van der Waals surface area contributed by atoms with E-state index in [-0.39, 0.29) is 18.9 Å². The molecule has 1 amide bonds. The number of rotatable bonds is 8. The molecule has 0 saturated carbocycles. The molecule has 1 atom stereocenters. The second-order valence-electron chi connectivity index (χ2n) is 6.64. The van der Waals surface area contributed by atoms with Crippen molar-refractivity contribution in [2.75, 3.05) is 12.8 Å². The highest BCUT2D eigenvalue weighted by atomic mass is 32.2. The van der Waals surface area contributed by atoms with E-state index in [2.05, 4.69) is 15.3 Å². The van der Waals surface area contributed by atoms with E-state index in [1.165, 1.54) is 11.8 Å². The summed E-state index contributed by atoms with van der Waals surface area (Å²) in [5.41, 5.74) is 2.20. The maximum absolute atomic E-state index is 12.3. The molecule has 27 heavy (non-hydrogen) atoms. The van der Waals surface area contributed by atoms with Crippen LogP contribution >= 0.6 is 11.8 Å². The highest BCUT2D eigenvalue weighted by molar-refractivity contribution is 7.98. The van der Waals surface area contributed by atoms with Crippen LogP contribution in [0.4, 0.5) is 0 Å². The van der Waals surface area contributed by atoms with Gasteiger partial charge in [-0.1, -0.05) is 42.1 Å². The van der Waals surface area contributed by atoms with Crippen molar-refractivity contribution in [1.82, 2.24) is 15.3 Å². The minimum Gasteiger partial charge on any atom is -0.481 e. The number of nitrogens with zero attached hydrogens (tertiary/aromatic N) is 2. The summed E-state index contributed by atoms with van der Waals surface area (Å²) in [7, 11) is 0. The lowest BCUT2D eigenvalue weighted by Crippen LogP contribution is -2.44. The number of benzene rings is 1. The number of amides is 1. The first-order chi connectivity index (χ1) is 12.8. The van der Waals surface area contributed by atoms with Gasteiger partial charge in [0, 0.05) is 24.4 Å². The SMILES string of the molecule is CSc1nc(C)c(CCC(=O)NCC(C)(C(=O)O)c2ccccc2)c(C)n1. The van der Waals surface area contributed by atoms with E-state index in [0.29, 0.717) is 12.0 Å². The highest BCUT2D eigenvalue weighted by Gasteiger charge is 2.35. The van der Waals surface area contributed by atoms with Crippen LogP contribution in [0.5, 0.6) is 0 Å². The number of aryl methyl sites for hydroxylation is 2. The molecule has 2 aromatic rings. The van der Waals surface area contributed by atoms with Crippen LogP contribution in [0.25, 0.3) is 0 Å². The molecule has 1 heterocycles. The van der Waals surface area contributed by atoms with E-state index < -0.39 is 11.4 Å². The van der Waals surface area contributed by atoms with Crippen LogP contribution in [0, 0.1) is 13.8 Å². The summed E-state index contributed by atoms with van der Waals surface area (Å²) in [5, 5.41) is 13.1. The summed E-state index contributed by atoms with van der Waals surface area (Å²) in [6.45, 7) is 5.48. The number of thioether (sulfide) groups is 1. The summed E-state index contributed by atoms with van der Waals surface area (Å²) < 4.78 is 0. The number of carbonyl (C=O) groups is 2. The molecule has 144 valence electrons. The first-order valence-corrected chi connectivity index (χ1v) is 9.94. The van der Waals surface area contributed by atoms with Crippen molar-refractivity contribution in [3.8, 4) is 0 Å². The highest BCUT2D eigenvalue weighted by Crippen LogP contribution is 2.23. The van der Waals surface area contributed by atoms with Crippen molar-refractivity contribution < 1.29 is 14.7 Å². The molecule has 1 unspecified atom stereocenters. The van der Waals surface area contributed by atoms with Crippen LogP contribution in [-0.4, -0.2) is 39.8 Å². The van der Waals surface area contributed by atoms with E-state index in [1.54, 1.807) is 31.2 Å². The van der Waals surface area contributed by atoms with Crippen molar-refractivity contribution in [3.63, 3.8) is 0 Å². The Bertz CT molecular complexity index is 803. The molecular formula is C20H25N3O3S. The van der Waals surface area contributed by atoms with Crippen LogP contribution in [-0.2, 0) is 21.4 Å². The van der Waals surface area contributed by atoms with E-state index in [9.17, 15) is 14.7 Å². The average Bonchev–Trinajstić information content (AvgIpc) is 2.65. The second kappa shape index (κ2) is 8.99.